The molecule has 0 radical (unpaired) electrons. The fourth-order valence-electron chi connectivity index (χ4n) is 2.01. The molecule has 0 unspecified atom stereocenters. The number of nitriles is 1. The van der Waals surface area contributed by atoms with E-state index >= 15 is 0 Å². The molecule has 0 amide bonds. The Labute approximate surface area is 93.0 Å². The van der Waals surface area contributed by atoms with Crippen molar-refractivity contribution in [3.8, 4) is 6.07 Å². The fourth-order valence-corrected chi connectivity index (χ4v) is 2.01. The Bertz CT molecular complexity index is 635. The second kappa shape index (κ2) is 3.35. The van der Waals surface area contributed by atoms with E-state index in [2.05, 4.69) is 28.5 Å². The lowest BCUT2D eigenvalue weighted by atomic mass is 10.0. The van der Waals surface area contributed by atoms with Gasteiger partial charge in [-0.3, -0.25) is 4.98 Å². The van der Waals surface area contributed by atoms with E-state index < -0.39 is 0 Å². The fraction of sp³-hybridized carbons (Fsp3) is 0.0769. The van der Waals surface area contributed by atoms with Crippen molar-refractivity contribution in [2.45, 2.75) is 0 Å². The Morgan fingerprint density at radius 2 is 2.25 bits per heavy atom. The van der Waals surface area contributed by atoms with Crippen LogP contribution in [0, 0.1) is 11.3 Å². The van der Waals surface area contributed by atoms with Crippen molar-refractivity contribution in [3.63, 3.8) is 0 Å². The van der Waals surface area contributed by atoms with Gasteiger partial charge in [0, 0.05) is 29.4 Å². The third-order valence-electron chi connectivity index (χ3n) is 2.77. The molecule has 1 aromatic carbocycles. The molecule has 76 valence electrons. The molecule has 0 saturated carbocycles. The second-order valence-electron chi connectivity index (χ2n) is 3.68. The number of nitrogens with one attached hydrogen (secondary N) is 1. The van der Waals surface area contributed by atoms with E-state index in [1.54, 1.807) is 12.3 Å². The van der Waals surface area contributed by atoms with Crippen LogP contribution < -0.4 is 5.32 Å². The highest BCUT2D eigenvalue weighted by atomic mass is 14.9. The first-order valence-corrected chi connectivity index (χ1v) is 5.12. The van der Waals surface area contributed by atoms with E-state index in [0.29, 0.717) is 5.56 Å². The number of nitrogens with zero attached hydrogens (tertiary/aromatic N) is 2. The van der Waals surface area contributed by atoms with Gasteiger partial charge in [-0.1, -0.05) is 12.2 Å². The van der Waals surface area contributed by atoms with Gasteiger partial charge in [-0.15, -0.1) is 0 Å². The predicted molar refractivity (Wildman–Crippen MR) is 64.0 cm³/mol. The van der Waals surface area contributed by atoms with Crippen molar-refractivity contribution >= 4 is 22.7 Å². The molecule has 3 heteroatoms. The van der Waals surface area contributed by atoms with Crippen molar-refractivity contribution in [2.24, 2.45) is 0 Å². The molecule has 0 fully saturated rings. The molecule has 0 bridgehead atoms. The Morgan fingerprint density at radius 1 is 1.31 bits per heavy atom. The average Bonchev–Trinajstić information content (AvgIpc) is 2.37. The number of aromatic nitrogens is 1. The lowest BCUT2D eigenvalue weighted by Gasteiger charge is -2.14. The Balaban J connectivity index is 2.43. The molecule has 2 heterocycles. The number of fused-ring (bicyclic) bond motifs is 3. The Hall–Kier alpha value is -2.34. The number of hydrogen-bond acceptors (Lipinski definition) is 3. The van der Waals surface area contributed by atoms with Gasteiger partial charge >= 0.3 is 0 Å². The maximum Gasteiger partial charge on any atom is 0.0999 e. The largest absolute Gasteiger partial charge is 0.381 e. The molecule has 0 atom stereocenters. The molecular weight excluding hydrogens is 198 g/mol. The lowest BCUT2D eigenvalue weighted by Crippen LogP contribution is -2.05. The van der Waals surface area contributed by atoms with Crippen molar-refractivity contribution in [1.82, 2.24) is 4.98 Å². The molecular formula is C13H9N3. The zero-order valence-electron chi connectivity index (χ0n) is 8.57. The van der Waals surface area contributed by atoms with E-state index in [0.717, 1.165) is 28.7 Å². The highest BCUT2D eigenvalue weighted by Gasteiger charge is 2.10. The van der Waals surface area contributed by atoms with Gasteiger partial charge in [-0.2, -0.15) is 5.26 Å². The molecule has 1 aliphatic rings. The highest BCUT2D eigenvalue weighted by Crippen LogP contribution is 2.29. The minimum absolute atomic E-state index is 0.673. The van der Waals surface area contributed by atoms with Gasteiger partial charge in [0.1, 0.15) is 0 Å². The van der Waals surface area contributed by atoms with Gasteiger partial charge in [0.15, 0.2) is 0 Å². The summed E-state index contributed by atoms with van der Waals surface area (Å²) in [6, 6.07) is 7.89. The SMILES string of the molecule is N#Cc1ccnc2c3c(ccc12)NCC=C3. The smallest absolute Gasteiger partial charge is 0.0999 e. The predicted octanol–water partition coefficient (Wildman–Crippen LogP) is 2.55. The van der Waals surface area contributed by atoms with Crippen LogP contribution >= 0.6 is 0 Å². The van der Waals surface area contributed by atoms with Gasteiger partial charge in [-0.05, 0) is 18.2 Å². The summed E-state index contributed by atoms with van der Waals surface area (Å²) in [4.78, 5) is 4.36. The normalized spacial score (nSPS) is 12.9. The van der Waals surface area contributed by atoms with E-state index in [1.807, 2.05) is 12.1 Å². The first-order valence-electron chi connectivity index (χ1n) is 5.12. The third-order valence-corrected chi connectivity index (χ3v) is 2.77. The molecule has 1 N–H and O–H groups in total. The third kappa shape index (κ3) is 1.17. The molecule has 0 saturated heterocycles. The van der Waals surface area contributed by atoms with Crippen LogP contribution in [0.5, 0.6) is 0 Å². The number of pyridine rings is 1. The van der Waals surface area contributed by atoms with Crippen LogP contribution in [0.4, 0.5) is 5.69 Å². The average molecular weight is 207 g/mol. The molecule has 0 spiro atoms. The number of anilines is 1. The van der Waals surface area contributed by atoms with Crippen LogP contribution in [0.25, 0.3) is 17.0 Å². The van der Waals surface area contributed by atoms with Gasteiger partial charge < -0.3 is 5.32 Å². The van der Waals surface area contributed by atoms with Crippen LogP contribution in [0.2, 0.25) is 0 Å². The summed E-state index contributed by atoms with van der Waals surface area (Å²) in [5.74, 6) is 0. The van der Waals surface area contributed by atoms with E-state index in [9.17, 15) is 0 Å². The second-order valence-corrected chi connectivity index (χ2v) is 3.68. The van der Waals surface area contributed by atoms with Crippen LogP contribution in [0.1, 0.15) is 11.1 Å². The van der Waals surface area contributed by atoms with Crippen molar-refractivity contribution in [3.05, 3.63) is 41.6 Å². The quantitative estimate of drug-likeness (QED) is 0.722. The Morgan fingerprint density at radius 3 is 3.12 bits per heavy atom. The zero-order chi connectivity index (χ0) is 11.0. The highest BCUT2D eigenvalue weighted by molar-refractivity contribution is 5.96. The Kier molecular flexibility index (Phi) is 1.87. The molecule has 0 aliphatic carbocycles. The van der Waals surface area contributed by atoms with Gasteiger partial charge in [0.05, 0.1) is 17.1 Å². The van der Waals surface area contributed by atoms with Crippen LogP contribution in [0.15, 0.2) is 30.5 Å². The van der Waals surface area contributed by atoms with E-state index in [4.69, 9.17) is 5.26 Å². The summed E-state index contributed by atoms with van der Waals surface area (Å²) in [7, 11) is 0. The minimum atomic E-state index is 0.673. The van der Waals surface area contributed by atoms with Crippen LogP contribution in [-0.4, -0.2) is 11.5 Å². The molecule has 2 aromatic rings. The summed E-state index contributed by atoms with van der Waals surface area (Å²) >= 11 is 0. The van der Waals surface area contributed by atoms with Gasteiger partial charge in [0.25, 0.3) is 0 Å². The van der Waals surface area contributed by atoms with Crippen molar-refractivity contribution in [1.29, 1.82) is 5.26 Å². The summed E-state index contributed by atoms with van der Waals surface area (Å²) in [6.07, 6.45) is 5.80. The molecule has 3 rings (SSSR count). The maximum absolute atomic E-state index is 9.03. The maximum atomic E-state index is 9.03. The molecule has 1 aliphatic heterocycles. The molecule has 1 aromatic heterocycles. The van der Waals surface area contributed by atoms with Crippen LogP contribution in [0.3, 0.4) is 0 Å². The summed E-state index contributed by atoms with van der Waals surface area (Å²) in [5, 5.41) is 13.2. The first kappa shape index (κ1) is 8.93. The summed E-state index contributed by atoms with van der Waals surface area (Å²) < 4.78 is 0. The van der Waals surface area contributed by atoms with Crippen molar-refractivity contribution in [2.75, 3.05) is 11.9 Å². The topological polar surface area (TPSA) is 48.7 Å². The molecule has 3 nitrogen and oxygen atoms in total. The van der Waals surface area contributed by atoms with Crippen molar-refractivity contribution < 1.29 is 0 Å². The van der Waals surface area contributed by atoms with E-state index in [1.165, 1.54) is 0 Å². The van der Waals surface area contributed by atoms with Gasteiger partial charge in [-0.25, -0.2) is 0 Å². The van der Waals surface area contributed by atoms with Crippen LogP contribution in [-0.2, 0) is 0 Å². The monoisotopic (exact) mass is 207 g/mol. The first-order chi connectivity index (χ1) is 7.90. The standard InChI is InChI=1S/C13H9N3/c14-8-9-5-7-16-13-10(9)3-4-12-11(13)2-1-6-15-12/h1-5,7,15H,6H2. The molecule has 16 heavy (non-hydrogen) atoms. The summed E-state index contributed by atoms with van der Waals surface area (Å²) in [6.45, 7) is 0.844. The number of benzene rings is 1. The number of hydrogen-bond donors (Lipinski definition) is 1. The van der Waals surface area contributed by atoms with Gasteiger partial charge in [0.2, 0.25) is 0 Å². The summed E-state index contributed by atoms with van der Waals surface area (Å²) in [5.41, 5.74) is 3.71. The lowest BCUT2D eigenvalue weighted by molar-refractivity contribution is 1.30. The minimum Gasteiger partial charge on any atom is -0.381 e. The zero-order valence-corrected chi connectivity index (χ0v) is 8.57. The number of rotatable bonds is 0. The van der Waals surface area contributed by atoms with E-state index in [-0.39, 0.29) is 0 Å².